The molecule has 2 unspecified atom stereocenters. The number of hydrogen-bond donors (Lipinski definition) is 1. The van der Waals surface area contributed by atoms with Crippen LogP contribution in [-0.4, -0.2) is 60.5 Å². The molecular formula is C23H34N4O4S. The van der Waals surface area contributed by atoms with Gasteiger partial charge in [-0.3, -0.25) is 4.79 Å². The Bertz CT molecular complexity index is 1060. The van der Waals surface area contributed by atoms with Gasteiger partial charge in [0.2, 0.25) is 15.9 Å². The van der Waals surface area contributed by atoms with Crippen molar-refractivity contribution in [1.29, 1.82) is 0 Å². The minimum atomic E-state index is -3.57. The van der Waals surface area contributed by atoms with E-state index in [0.29, 0.717) is 57.1 Å². The molecule has 1 aromatic carbocycles. The van der Waals surface area contributed by atoms with Gasteiger partial charge in [0.15, 0.2) is 0 Å². The summed E-state index contributed by atoms with van der Waals surface area (Å²) in [7, 11) is -3.57. The first-order chi connectivity index (χ1) is 15.4. The van der Waals surface area contributed by atoms with Gasteiger partial charge in [-0.15, -0.1) is 0 Å². The van der Waals surface area contributed by atoms with E-state index in [2.05, 4.69) is 16.8 Å². The number of imidazole rings is 1. The highest BCUT2D eigenvalue weighted by Gasteiger charge is 2.27. The van der Waals surface area contributed by atoms with E-state index in [4.69, 9.17) is 9.72 Å². The molecule has 2 heterocycles. The number of sulfonamides is 1. The number of carbonyl (C=O) groups excluding carboxylic acids is 1. The highest BCUT2D eigenvalue weighted by Crippen LogP contribution is 2.25. The van der Waals surface area contributed by atoms with E-state index in [9.17, 15) is 13.2 Å². The summed E-state index contributed by atoms with van der Waals surface area (Å²) in [6.45, 7) is 6.52. The van der Waals surface area contributed by atoms with Crippen molar-refractivity contribution < 1.29 is 17.9 Å². The molecule has 2 aromatic rings. The van der Waals surface area contributed by atoms with Crippen LogP contribution in [0.25, 0.3) is 11.0 Å². The third kappa shape index (κ3) is 4.84. The Labute approximate surface area is 190 Å². The Balaban J connectivity index is 1.49. The van der Waals surface area contributed by atoms with Crippen LogP contribution >= 0.6 is 0 Å². The molecule has 1 saturated carbocycles. The summed E-state index contributed by atoms with van der Waals surface area (Å²) in [6, 6.07) is 5.41. The summed E-state index contributed by atoms with van der Waals surface area (Å²) >= 11 is 0. The molecule has 1 aliphatic carbocycles. The lowest BCUT2D eigenvalue weighted by Gasteiger charge is -2.29. The van der Waals surface area contributed by atoms with Crippen molar-refractivity contribution in [3.63, 3.8) is 0 Å². The highest BCUT2D eigenvalue weighted by molar-refractivity contribution is 7.89. The molecule has 1 amide bonds. The van der Waals surface area contributed by atoms with Crippen LogP contribution in [0.15, 0.2) is 23.1 Å². The summed E-state index contributed by atoms with van der Waals surface area (Å²) in [5.41, 5.74) is 1.54. The smallest absolute Gasteiger partial charge is 0.243 e. The van der Waals surface area contributed by atoms with Crippen molar-refractivity contribution in [3.8, 4) is 0 Å². The zero-order valence-electron chi connectivity index (χ0n) is 19.0. The van der Waals surface area contributed by atoms with Gasteiger partial charge in [0.05, 0.1) is 29.1 Å². The van der Waals surface area contributed by atoms with E-state index < -0.39 is 10.0 Å². The first-order valence-electron chi connectivity index (χ1n) is 11.8. The molecule has 32 heavy (non-hydrogen) atoms. The third-order valence-corrected chi connectivity index (χ3v) is 8.65. The average Bonchev–Trinajstić information content (AvgIpc) is 3.16. The second kappa shape index (κ2) is 9.89. The number of nitrogens with zero attached hydrogens (tertiary/aromatic N) is 3. The Morgan fingerprint density at radius 1 is 1.22 bits per heavy atom. The maximum atomic E-state index is 13.0. The fraction of sp³-hybridized carbons (Fsp3) is 0.652. The van der Waals surface area contributed by atoms with Gasteiger partial charge in [0.25, 0.3) is 0 Å². The molecule has 9 heteroatoms. The van der Waals surface area contributed by atoms with Crippen molar-refractivity contribution >= 4 is 27.0 Å². The van der Waals surface area contributed by atoms with E-state index in [1.54, 1.807) is 12.1 Å². The van der Waals surface area contributed by atoms with E-state index >= 15 is 0 Å². The first kappa shape index (κ1) is 23.2. The third-order valence-electron chi connectivity index (χ3n) is 6.76. The number of fused-ring (bicyclic) bond motifs is 1. The number of amides is 1. The van der Waals surface area contributed by atoms with Crippen LogP contribution in [-0.2, 0) is 32.5 Å². The Morgan fingerprint density at radius 2 is 1.97 bits per heavy atom. The fourth-order valence-electron chi connectivity index (χ4n) is 4.83. The topological polar surface area (TPSA) is 93.5 Å². The largest absolute Gasteiger partial charge is 0.379 e. The number of aromatic nitrogens is 2. The zero-order chi connectivity index (χ0) is 22.7. The predicted molar refractivity (Wildman–Crippen MR) is 123 cm³/mol. The Morgan fingerprint density at radius 3 is 2.69 bits per heavy atom. The van der Waals surface area contributed by atoms with Crippen molar-refractivity contribution in [2.24, 2.45) is 5.92 Å². The molecule has 0 radical (unpaired) electrons. The van der Waals surface area contributed by atoms with Gasteiger partial charge in [-0.2, -0.15) is 4.31 Å². The minimum Gasteiger partial charge on any atom is -0.379 e. The van der Waals surface area contributed by atoms with Crippen molar-refractivity contribution in [2.45, 2.75) is 69.9 Å². The molecular weight excluding hydrogens is 428 g/mol. The molecule has 2 aliphatic rings. The SMILES string of the molecule is CCn1c(CCC(=O)NC2CCCCC2C)nc2cc(S(=O)(=O)N3CCOCC3)ccc21. The molecule has 176 valence electrons. The lowest BCUT2D eigenvalue weighted by atomic mass is 9.86. The van der Waals surface area contributed by atoms with Gasteiger partial charge in [0, 0.05) is 38.5 Å². The molecule has 0 bridgehead atoms. The van der Waals surface area contributed by atoms with Gasteiger partial charge in [0.1, 0.15) is 5.82 Å². The Kier molecular flexibility index (Phi) is 7.17. The maximum absolute atomic E-state index is 13.0. The maximum Gasteiger partial charge on any atom is 0.243 e. The van der Waals surface area contributed by atoms with Gasteiger partial charge in [-0.05, 0) is 43.9 Å². The summed E-state index contributed by atoms with van der Waals surface area (Å²) in [6.07, 6.45) is 5.56. The van der Waals surface area contributed by atoms with Crippen LogP contribution in [0.5, 0.6) is 0 Å². The fourth-order valence-corrected chi connectivity index (χ4v) is 6.26. The van der Waals surface area contributed by atoms with Crippen molar-refractivity contribution in [2.75, 3.05) is 26.3 Å². The van der Waals surface area contributed by atoms with E-state index in [0.717, 1.165) is 17.8 Å². The van der Waals surface area contributed by atoms with Gasteiger partial charge >= 0.3 is 0 Å². The zero-order valence-corrected chi connectivity index (χ0v) is 19.9. The summed E-state index contributed by atoms with van der Waals surface area (Å²) in [5.74, 6) is 1.41. The van der Waals surface area contributed by atoms with E-state index in [1.165, 1.54) is 23.6 Å². The van der Waals surface area contributed by atoms with Gasteiger partial charge < -0.3 is 14.6 Å². The molecule has 2 atom stereocenters. The number of aryl methyl sites for hydroxylation is 2. The van der Waals surface area contributed by atoms with Crippen LogP contribution in [0.4, 0.5) is 0 Å². The molecule has 1 aliphatic heterocycles. The number of ether oxygens (including phenoxy) is 1. The number of benzene rings is 1. The van der Waals surface area contributed by atoms with Crippen LogP contribution in [0.2, 0.25) is 0 Å². The van der Waals surface area contributed by atoms with Crippen LogP contribution in [0.1, 0.15) is 51.8 Å². The summed E-state index contributed by atoms with van der Waals surface area (Å²) < 4.78 is 34.8. The minimum absolute atomic E-state index is 0.0639. The number of carbonyl (C=O) groups is 1. The number of morpholine rings is 1. The van der Waals surface area contributed by atoms with Crippen LogP contribution < -0.4 is 5.32 Å². The van der Waals surface area contributed by atoms with Gasteiger partial charge in [-0.25, -0.2) is 13.4 Å². The highest BCUT2D eigenvalue weighted by atomic mass is 32.2. The molecule has 0 spiro atoms. The summed E-state index contributed by atoms with van der Waals surface area (Å²) in [4.78, 5) is 17.5. The van der Waals surface area contributed by atoms with Crippen LogP contribution in [0.3, 0.4) is 0 Å². The Hall–Kier alpha value is -1.97. The number of nitrogens with one attached hydrogen (secondary N) is 1. The number of hydrogen-bond acceptors (Lipinski definition) is 5. The monoisotopic (exact) mass is 462 g/mol. The molecule has 1 N–H and O–H groups in total. The van der Waals surface area contributed by atoms with E-state index in [-0.39, 0.29) is 16.8 Å². The second-order valence-electron chi connectivity index (χ2n) is 8.88. The quantitative estimate of drug-likeness (QED) is 0.683. The first-order valence-corrected chi connectivity index (χ1v) is 13.2. The average molecular weight is 463 g/mol. The standard InChI is InChI=1S/C23H34N4O4S/c1-3-27-21-9-8-18(32(29,30)26-12-14-31-15-13-26)16-20(21)24-22(27)10-11-23(28)25-19-7-5-4-6-17(19)2/h8-9,16-17,19H,3-7,10-15H2,1-2H3,(H,25,28). The van der Waals surface area contributed by atoms with E-state index in [1.807, 2.05) is 13.0 Å². The van der Waals surface area contributed by atoms with Crippen molar-refractivity contribution in [1.82, 2.24) is 19.2 Å². The molecule has 2 fully saturated rings. The predicted octanol–water partition coefficient (Wildman–Crippen LogP) is 2.70. The molecule has 1 saturated heterocycles. The number of rotatable bonds is 7. The second-order valence-corrected chi connectivity index (χ2v) is 10.8. The molecule has 4 rings (SSSR count). The normalized spacial score (nSPS) is 22.8. The van der Waals surface area contributed by atoms with Gasteiger partial charge in [-0.1, -0.05) is 19.8 Å². The lowest BCUT2D eigenvalue weighted by Crippen LogP contribution is -2.41. The summed E-state index contributed by atoms with van der Waals surface area (Å²) in [5, 5.41) is 3.20. The molecule has 8 nitrogen and oxygen atoms in total. The van der Waals surface area contributed by atoms with Crippen LogP contribution in [0, 0.1) is 5.92 Å². The van der Waals surface area contributed by atoms with Crippen molar-refractivity contribution in [3.05, 3.63) is 24.0 Å². The lowest BCUT2D eigenvalue weighted by molar-refractivity contribution is -0.122. The molecule has 1 aromatic heterocycles.